The van der Waals surface area contributed by atoms with Crippen molar-refractivity contribution < 1.29 is 19.4 Å². The van der Waals surface area contributed by atoms with Crippen molar-refractivity contribution in [1.82, 2.24) is 10.4 Å². The van der Waals surface area contributed by atoms with E-state index in [4.69, 9.17) is 16.0 Å². The van der Waals surface area contributed by atoms with E-state index < -0.39 is 5.91 Å². The van der Waals surface area contributed by atoms with Gasteiger partial charge in [-0.05, 0) is 35.9 Å². The molecule has 1 amide bonds. The van der Waals surface area contributed by atoms with Gasteiger partial charge in [0.25, 0.3) is 17.8 Å². The number of aromatic nitrogens is 1. The van der Waals surface area contributed by atoms with Crippen molar-refractivity contribution in [2.45, 2.75) is 0 Å². The van der Waals surface area contributed by atoms with Crippen molar-refractivity contribution in [1.29, 1.82) is 0 Å². The Morgan fingerprint density at radius 3 is 2.60 bits per heavy atom. The Labute approximate surface area is 205 Å². The van der Waals surface area contributed by atoms with E-state index in [1.54, 1.807) is 0 Å². The van der Waals surface area contributed by atoms with Crippen molar-refractivity contribution >= 4 is 29.7 Å². The molecule has 0 fully saturated rings. The largest absolute Gasteiger partial charge is 0.506 e. The molecule has 0 atom stereocenters. The summed E-state index contributed by atoms with van der Waals surface area (Å²) >= 11 is 5.81. The number of halogens is 1. The second-order valence-electron chi connectivity index (χ2n) is 7.18. The monoisotopic (exact) mass is 486 g/mol. The number of carbonyl (C=O) groups excluding carboxylic acids is 1. The second-order valence-corrected chi connectivity index (χ2v) is 7.59. The number of hydrogen-bond donors (Lipinski definition) is 4. The smallest absolute Gasteiger partial charge is 0.299 e. The summed E-state index contributed by atoms with van der Waals surface area (Å²) in [7, 11) is 0. The number of anilines is 1. The predicted octanol–water partition coefficient (Wildman–Crippen LogP) is 4.63. The van der Waals surface area contributed by atoms with Gasteiger partial charge in [0.1, 0.15) is 5.75 Å². The summed E-state index contributed by atoms with van der Waals surface area (Å²) in [5, 5.41) is 26.3. The molecular weight excluding hydrogens is 468 g/mol. The van der Waals surface area contributed by atoms with Crippen molar-refractivity contribution in [2.75, 3.05) is 11.9 Å². The minimum atomic E-state index is -0.451. The minimum Gasteiger partial charge on any atom is -0.506 e. The molecule has 4 N–H and O–H groups in total. The zero-order chi connectivity index (χ0) is 24.6. The van der Waals surface area contributed by atoms with Crippen LogP contribution in [0.25, 0.3) is 11.3 Å². The summed E-state index contributed by atoms with van der Waals surface area (Å²) in [6, 6.07) is 20.8. The van der Waals surface area contributed by atoms with Crippen LogP contribution in [-0.4, -0.2) is 33.9 Å². The number of nitrogens with zero attached hydrogens (tertiary/aromatic N) is 2. The number of hydrazone groups is 1. The van der Waals surface area contributed by atoms with E-state index in [-0.39, 0.29) is 34.8 Å². The molecule has 4 rings (SSSR count). The molecule has 0 aliphatic carbocycles. The van der Waals surface area contributed by atoms with E-state index in [0.717, 1.165) is 16.7 Å². The summed E-state index contributed by atoms with van der Waals surface area (Å²) in [6.45, 7) is 0.269. The highest BCUT2D eigenvalue weighted by atomic mass is 35.5. The van der Waals surface area contributed by atoms with Gasteiger partial charge in [0.05, 0.1) is 17.8 Å². The first-order valence-corrected chi connectivity index (χ1v) is 10.8. The first-order chi connectivity index (χ1) is 17.0. The van der Waals surface area contributed by atoms with Crippen molar-refractivity contribution in [3.63, 3.8) is 0 Å². The summed E-state index contributed by atoms with van der Waals surface area (Å²) < 4.78 is 5.56. The fourth-order valence-electron chi connectivity index (χ4n) is 2.96. The van der Waals surface area contributed by atoms with E-state index in [0.29, 0.717) is 5.76 Å². The summed E-state index contributed by atoms with van der Waals surface area (Å²) in [4.78, 5) is 16.0. The van der Waals surface area contributed by atoms with Crippen LogP contribution in [0.5, 0.6) is 11.6 Å². The fourth-order valence-corrected chi connectivity index (χ4v) is 3.14. The topological polar surface area (TPSA) is 120 Å². The summed E-state index contributed by atoms with van der Waals surface area (Å²) in [5.74, 6) is 5.53. The number of benzene rings is 3. The number of aromatic hydroxyl groups is 2. The van der Waals surface area contributed by atoms with E-state index in [9.17, 15) is 15.0 Å². The zero-order valence-electron chi connectivity index (χ0n) is 18.2. The third-order valence-electron chi connectivity index (χ3n) is 4.71. The maximum absolute atomic E-state index is 12.1. The zero-order valence-corrected chi connectivity index (χ0v) is 19.0. The third kappa shape index (κ3) is 6.19. The normalized spacial score (nSPS) is 10.5. The highest BCUT2D eigenvalue weighted by Crippen LogP contribution is 2.31. The quantitative estimate of drug-likeness (QED) is 0.179. The van der Waals surface area contributed by atoms with Crippen molar-refractivity contribution in [2.24, 2.45) is 5.10 Å². The lowest BCUT2D eigenvalue weighted by Gasteiger charge is -2.02. The number of phenolic OH excluding ortho intramolecular Hbond substituents is 1. The number of phenols is 1. The molecular formula is C26H19ClN4O4. The second kappa shape index (κ2) is 10.9. The number of amides is 1. The molecule has 3 aromatic carbocycles. The predicted molar refractivity (Wildman–Crippen MR) is 134 cm³/mol. The van der Waals surface area contributed by atoms with Gasteiger partial charge in [-0.15, -0.1) is 0 Å². The number of rotatable bonds is 6. The van der Waals surface area contributed by atoms with Crippen molar-refractivity contribution in [3.8, 4) is 34.8 Å². The van der Waals surface area contributed by atoms with Crippen LogP contribution in [0.15, 0.2) is 82.3 Å². The van der Waals surface area contributed by atoms with E-state index in [2.05, 4.69) is 32.7 Å². The molecule has 9 heteroatoms. The molecule has 0 saturated carbocycles. The molecule has 0 unspecified atom stereocenters. The number of nitrogens with one attached hydrogen (secondary N) is 2. The van der Waals surface area contributed by atoms with Gasteiger partial charge in [-0.1, -0.05) is 65.9 Å². The molecule has 174 valence electrons. The number of carbonyl (C=O) groups is 1. The molecule has 0 aliphatic heterocycles. The van der Waals surface area contributed by atoms with Gasteiger partial charge in [0.15, 0.2) is 5.76 Å². The Hall–Kier alpha value is -4.74. The molecule has 0 bridgehead atoms. The Balaban J connectivity index is 1.28. The highest BCUT2D eigenvalue weighted by Gasteiger charge is 2.13. The molecule has 0 saturated heterocycles. The van der Waals surface area contributed by atoms with Crippen LogP contribution in [0, 0.1) is 11.8 Å². The average Bonchev–Trinajstić information content (AvgIpc) is 3.25. The minimum absolute atomic E-state index is 0.0871. The van der Waals surface area contributed by atoms with Crippen molar-refractivity contribution in [3.05, 3.63) is 94.5 Å². The fraction of sp³-hybridized carbons (Fsp3) is 0.0385. The maximum Gasteiger partial charge on any atom is 0.299 e. The molecule has 8 nitrogen and oxygen atoms in total. The van der Waals surface area contributed by atoms with Gasteiger partial charge in [-0.25, -0.2) is 5.43 Å². The van der Waals surface area contributed by atoms with Gasteiger partial charge in [-0.2, -0.15) is 10.1 Å². The lowest BCUT2D eigenvalue weighted by atomic mass is 10.1. The van der Waals surface area contributed by atoms with Crippen LogP contribution in [-0.2, 0) is 0 Å². The molecule has 0 radical (unpaired) electrons. The van der Waals surface area contributed by atoms with Crippen LogP contribution in [0.4, 0.5) is 6.01 Å². The Morgan fingerprint density at radius 2 is 1.86 bits per heavy atom. The number of oxazole rings is 1. The van der Waals surface area contributed by atoms with Crippen LogP contribution in [0.3, 0.4) is 0 Å². The maximum atomic E-state index is 12.1. The molecule has 0 aliphatic rings. The molecule has 4 aromatic rings. The summed E-state index contributed by atoms with van der Waals surface area (Å²) in [5.41, 5.74) is 4.96. The molecule has 35 heavy (non-hydrogen) atoms. The van der Waals surface area contributed by atoms with Crippen LogP contribution in [0.2, 0.25) is 5.02 Å². The first-order valence-electron chi connectivity index (χ1n) is 10.4. The van der Waals surface area contributed by atoms with E-state index >= 15 is 0 Å². The standard InChI is InChI=1S/C26H19ClN4O4/c27-21-15-20(12-13-22(21)32)24(33)31-29-16-18-10-8-17(9-11-18)5-4-14-28-26-30-25(34)23(35-26)19-6-2-1-3-7-19/h1-3,6-13,15-16,32,34H,14H2,(H,28,30)(H,31,33). The van der Waals surface area contributed by atoms with E-state index in [1.807, 2.05) is 54.6 Å². The molecule has 1 aromatic heterocycles. The number of hydrogen-bond acceptors (Lipinski definition) is 7. The Kier molecular flexibility index (Phi) is 7.31. The van der Waals surface area contributed by atoms with E-state index in [1.165, 1.54) is 24.4 Å². The van der Waals surface area contributed by atoms with Crippen LogP contribution in [0.1, 0.15) is 21.5 Å². The lowest BCUT2D eigenvalue weighted by Crippen LogP contribution is -2.17. The van der Waals surface area contributed by atoms with Crippen LogP contribution < -0.4 is 10.7 Å². The van der Waals surface area contributed by atoms with Gasteiger partial charge in [0, 0.05) is 16.7 Å². The molecule has 1 heterocycles. The van der Waals surface area contributed by atoms with Crippen LogP contribution >= 0.6 is 11.6 Å². The first kappa shape index (κ1) is 23.4. The van der Waals surface area contributed by atoms with Gasteiger partial charge in [-0.3, -0.25) is 4.79 Å². The third-order valence-corrected chi connectivity index (χ3v) is 5.01. The lowest BCUT2D eigenvalue weighted by molar-refractivity contribution is 0.0955. The SMILES string of the molecule is O=C(NN=Cc1ccc(C#CCNc2nc(O)c(-c3ccccc3)o2)cc1)c1ccc(O)c(Cl)c1. The summed E-state index contributed by atoms with van der Waals surface area (Å²) in [6.07, 6.45) is 1.50. The van der Waals surface area contributed by atoms with Gasteiger partial charge < -0.3 is 19.9 Å². The molecule has 0 spiro atoms. The van der Waals surface area contributed by atoms with Gasteiger partial charge in [0.2, 0.25) is 0 Å². The average molecular weight is 487 g/mol. The highest BCUT2D eigenvalue weighted by molar-refractivity contribution is 6.32. The van der Waals surface area contributed by atoms with Gasteiger partial charge >= 0.3 is 0 Å². The Bertz CT molecular complexity index is 1420. The Morgan fingerprint density at radius 1 is 1.09 bits per heavy atom.